The minimum atomic E-state index is -0.530. The lowest BCUT2D eigenvalue weighted by atomic mass is 10.0. The van der Waals surface area contributed by atoms with Crippen molar-refractivity contribution in [2.24, 2.45) is 0 Å². The van der Waals surface area contributed by atoms with Crippen LogP contribution in [0, 0.1) is 5.95 Å². The van der Waals surface area contributed by atoms with Crippen molar-refractivity contribution < 1.29 is 18.7 Å². The predicted molar refractivity (Wildman–Crippen MR) is 139 cm³/mol. The summed E-state index contributed by atoms with van der Waals surface area (Å²) in [6, 6.07) is 19.6. The fourth-order valence-electron chi connectivity index (χ4n) is 4.23. The molecule has 2 aromatic carbocycles. The maximum Gasteiger partial charge on any atom is 0.222 e. The van der Waals surface area contributed by atoms with E-state index in [1.54, 1.807) is 13.2 Å². The summed E-state index contributed by atoms with van der Waals surface area (Å²) in [5.41, 5.74) is 4.36. The summed E-state index contributed by atoms with van der Waals surface area (Å²) in [5, 5.41) is 2.80. The van der Waals surface area contributed by atoms with Crippen LogP contribution in [0.3, 0.4) is 0 Å². The van der Waals surface area contributed by atoms with Gasteiger partial charge in [-0.15, -0.1) is 0 Å². The number of pyridine rings is 1. The smallest absolute Gasteiger partial charge is 0.222 e. The molecule has 0 saturated carbocycles. The fourth-order valence-corrected chi connectivity index (χ4v) is 4.23. The molecule has 8 heteroatoms. The van der Waals surface area contributed by atoms with E-state index >= 15 is 0 Å². The quantitative estimate of drug-likeness (QED) is 0.325. The molecule has 7 nitrogen and oxygen atoms in total. The van der Waals surface area contributed by atoms with E-state index in [0.717, 1.165) is 44.0 Å². The SMILES string of the molecule is COc1ccc(-c2ccccc2)c(N2CCN(CCOCCC(=O)NCc3ccc(F)nc3)CC2)c1. The van der Waals surface area contributed by atoms with Gasteiger partial charge < -0.3 is 19.7 Å². The van der Waals surface area contributed by atoms with Crippen molar-refractivity contribution in [1.29, 1.82) is 0 Å². The molecule has 0 aliphatic carbocycles. The highest BCUT2D eigenvalue weighted by molar-refractivity contribution is 5.80. The van der Waals surface area contributed by atoms with Gasteiger partial charge in [-0.2, -0.15) is 4.39 Å². The van der Waals surface area contributed by atoms with E-state index in [0.29, 0.717) is 26.2 Å². The average molecular weight is 493 g/mol. The van der Waals surface area contributed by atoms with Crippen molar-refractivity contribution in [3.63, 3.8) is 0 Å². The Labute approximate surface area is 211 Å². The zero-order valence-electron chi connectivity index (χ0n) is 20.7. The van der Waals surface area contributed by atoms with Crippen molar-refractivity contribution >= 4 is 11.6 Å². The van der Waals surface area contributed by atoms with Gasteiger partial charge in [0.2, 0.25) is 11.9 Å². The van der Waals surface area contributed by atoms with Crippen LogP contribution in [0.2, 0.25) is 0 Å². The molecule has 0 atom stereocenters. The lowest BCUT2D eigenvalue weighted by Gasteiger charge is -2.37. The number of nitrogens with one attached hydrogen (secondary N) is 1. The fraction of sp³-hybridized carbons (Fsp3) is 0.357. The van der Waals surface area contributed by atoms with E-state index in [4.69, 9.17) is 9.47 Å². The minimum absolute atomic E-state index is 0.0968. The number of ether oxygens (including phenoxy) is 2. The number of amides is 1. The van der Waals surface area contributed by atoms with Crippen LogP contribution in [-0.4, -0.2) is 68.8 Å². The largest absolute Gasteiger partial charge is 0.497 e. The van der Waals surface area contributed by atoms with Gasteiger partial charge in [-0.05, 0) is 29.3 Å². The number of carbonyl (C=O) groups is 1. The normalized spacial score (nSPS) is 14.0. The molecule has 2 heterocycles. The van der Waals surface area contributed by atoms with E-state index in [1.807, 2.05) is 12.1 Å². The molecule has 1 aromatic heterocycles. The van der Waals surface area contributed by atoms with Crippen LogP contribution < -0.4 is 15.0 Å². The van der Waals surface area contributed by atoms with Gasteiger partial charge in [0, 0.05) is 69.2 Å². The van der Waals surface area contributed by atoms with Gasteiger partial charge in [-0.25, -0.2) is 4.98 Å². The van der Waals surface area contributed by atoms with Gasteiger partial charge in [-0.3, -0.25) is 9.69 Å². The number of hydrogen-bond acceptors (Lipinski definition) is 6. The minimum Gasteiger partial charge on any atom is -0.497 e. The van der Waals surface area contributed by atoms with Crippen molar-refractivity contribution in [3.8, 4) is 16.9 Å². The molecule has 0 radical (unpaired) electrons. The third kappa shape index (κ3) is 7.26. The molecule has 0 spiro atoms. The third-order valence-electron chi connectivity index (χ3n) is 6.31. The Balaban J connectivity index is 1.17. The number of piperazine rings is 1. The highest BCUT2D eigenvalue weighted by Gasteiger charge is 2.20. The number of benzene rings is 2. The molecule has 0 unspecified atom stereocenters. The summed E-state index contributed by atoms with van der Waals surface area (Å²) in [4.78, 5) is 20.4. The van der Waals surface area contributed by atoms with Crippen LogP contribution >= 0.6 is 0 Å². The maximum atomic E-state index is 12.8. The molecule has 1 saturated heterocycles. The first-order chi connectivity index (χ1) is 17.6. The lowest BCUT2D eigenvalue weighted by molar-refractivity contribution is -0.122. The highest BCUT2D eigenvalue weighted by Crippen LogP contribution is 2.34. The molecule has 3 aromatic rings. The second-order valence-electron chi connectivity index (χ2n) is 8.71. The number of anilines is 1. The van der Waals surface area contributed by atoms with Crippen molar-refractivity contribution in [1.82, 2.24) is 15.2 Å². The average Bonchev–Trinajstić information content (AvgIpc) is 2.93. The van der Waals surface area contributed by atoms with E-state index in [1.165, 1.54) is 29.1 Å². The topological polar surface area (TPSA) is 66.9 Å². The van der Waals surface area contributed by atoms with Gasteiger partial charge >= 0.3 is 0 Å². The van der Waals surface area contributed by atoms with Crippen molar-refractivity contribution in [3.05, 3.63) is 78.4 Å². The van der Waals surface area contributed by atoms with Crippen LogP contribution in [0.25, 0.3) is 11.1 Å². The Kier molecular flexibility index (Phi) is 9.24. The Morgan fingerprint density at radius 2 is 1.83 bits per heavy atom. The summed E-state index contributed by atoms with van der Waals surface area (Å²) >= 11 is 0. The van der Waals surface area contributed by atoms with Gasteiger partial charge in [0.15, 0.2) is 0 Å². The maximum absolute atomic E-state index is 12.8. The van der Waals surface area contributed by atoms with E-state index in [2.05, 4.69) is 56.5 Å². The Bertz CT molecular complexity index is 1100. The van der Waals surface area contributed by atoms with Crippen LogP contribution in [0.5, 0.6) is 5.75 Å². The van der Waals surface area contributed by atoms with Gasteiger partial charge in [0.25, 0.3) is 0 Å². The van der Waals surface area contributed by atoms with Crippen molar-refractivity contribution in [2.75, 3.05) is 57.9 Å². The Morgan fingerprint density at radius 1 is 1.03 bits per heavy atom. The van der Waals surface area contributed by atoms with Crippen molar-refractivity contribution in [2.45, 2.75) is 13.0 Å². The first-order valence-corrected chi connectivity index (χ1v) is 12.3. The van der Waals surface area contributed by atoms with Gasteiger partial charge in [0.1, 0.15) is 5.75 Å². The lowest BCUT2D eigenvalue weighted by Crippen LogP contribution is -2.47. The van der Waals surface area contributed by atoms with Gasteiger partial charge in [0.05, 0.1) is 20.3 Å². The molecule has 1 aliphatic heterocycles. The first kappa shape index (κ1) is 25.6. The van der Waals surface area contributed by atoms with E-state index < -0.39 is 5.95 Å². The number of aromatic nitrogens is 1. The molecule has 1 fully saturated rings. The molecular weight excluding hydrogens is 459 g/mol. The predicted octanol–water partition coefficient (Wildman–Crippen LogP) is 3.74. The van der Waals surface area contributed by atoms with E-state index in [9.17, 15) is 9.18 Å². The number of methoxy groups -OCH3 is 1. The zero-order chi connectivity index (χ0) is 25.2. The van der Waals surface area contributed by atoms with Crippen LogP contribution in [0.1, 0.15) is 12.0 Å². The molecule has 36 heavy (non-hydrogen) atoms. The van der Waals surface area contributed by atoms with Crippen LogP contribution in [-0.2, 0) is 16.1 Å². The number of carbonyl (C=O) groups excluding carboxylic acids is 1. The third-order valence-corrected chi connectivity index (χ3v) is 6.31. The first-order valence-electron chi connectivity index (χ1n) is 12.3. The summed E-state index contributed by atoms with van der Waals surface area (Å²) < 4.78 is 24.0. The standard InChI is InChI=1S/C28H33FN4O3/c1-35-24-8-9-25(23-5-3-2-4-6-23)26(19-24)33-14-12-32(13-15-33)16-18-36-17-11-28(34)31-21-22-7-10-27(29)30-20-22/h2-10,19-20H,11-18,21H2,1H3,(H,31,34). The molecule has 1 amide bonds. The van der Waals surface area contributed by atoms with Crippen LogP contribution in [0.4, 0.5) is 10.1 Å². The number of rotatable bonds is 11. The Morgan fingerprint density at radius 3 is 2.56 bits per heavy atom. The summed E-state index contributed by atoms with van der Waals surface area (Å²) in [6.07, 6.45) is 1.71. The molecule has 190 valence electrons. The number of halogens is 1. The second-order valence-corrected chi connectivity index (χ2v) is 8.71. The molecule has 1 aliphatic rings. The molecule has 1 N–H and O–H groups in total. The molecule has 0 bridgehead atoms. The summed E-state index contributed by atoms with van der Waals surface area (Å²) in [5.74, 6) is 0.233. The summed E-state index contributed by atoms with van der Waals surface area (Å²) in [7, 11) is 1.70. The Hall–Kier alpha value is -3.49. The monoisotopic (exact) mass is 492 g/mol. The number of hydrogen-bond donors (Lipinski definition) is 1. The molecule has 4 rings (SSSR count). The second kappa shape index (κ2) is 13.0. The van der Waals surface area contributed by atoms with Crippen LogP contribution in [0.15, 0.2) is 66.9 Å². The summed E-state index contributed by atoms with van der Waals surface area (Å²) in [6.45, 7) is 5.86. The molecular formula is C28H33FN4O3. The van der Waals surface area contributed by atoms with Gasteiger partial charge in [-0.1, -0.05) is 36.4 Å². The number of nitrogens with zero attached hydrogens (tertiary/aromatic N) is 3. The zero-order valence-corrected chi connectivity index (χ0v) is 20.7. The van der Waals surface area contributed by atoms with E-state index in [-0.39, 0.29) is 5.91 Å². The highest BCUT2D eigenvalue weighted by atomic mass is 19.1.